The Morgan fingerprint density at radius 1 is 1.35 bits per heavy atom. The summed E-state index contributed by atoms with van der Waals surface area (Å²) >= 11 is 2.67. The third-order valence-corrected chi connectivity index (χ3v) is 5.23. The molecule has 1 atom stereocenters. The molecule has 0 radical (unpaired) electrons. The lowest BCUT2D eigenvalue weighted by Gasteiger charge is -2.19. The number of carboxylic acids is 1. The molecule has 1 fully saturated rings. The summed E-state index contributed by atoms with van der Waals surface area (Å²) in [5, 5.41) is 9.77. The summed E-state index contributed by atoms with van der Waals surface area (Å²) in [5.74, 6) is -0.868. The Hall–Kier alpha value is -1.60. The molecule has 0 saturated carbocycles. The average Bonchev–Trinajstić information content (AvgIpc) is 3.03. The van der Waals surface area contributed by atoms with E-state index in [1.165, 1.54) is 40.1 Å². The van der Waals surface area contributed by atoms with Crippen LogP contribution in [0.2, 0.25) is 0 Å². The van der Waals surface area contributed by atoms with E-state index in [2.05, 4.69) is 0 Å². The zero-order valence-electron chi connectivity index (χ0n) is 10.2. The van der Waals surface area contributed by atoms with Gasteiger partial charge in [0.25, 0.3) is 5.91 Å². The molecule has 1 aromatic heterocycles. The molecule has 1 aliphatic heterocycles. The Bertz CT molecular complexity index is 700. The van der Waals surface area contributed by atoms with Crippen LogP contribution in [-0.2, 0) is 4.79 Å². The topological polar surface area (TPSA) is 57.6 Å². The van der Waals surface area contributed by atoms with Gasteiger partial charge in [-0.15, -0.1) is 23.1 Å². The molecule has 104 valence electrons. The van der Waals surface area contributed by atoms with Crippen molar-refractivity contribution < 1.29 is 19.1 Å². The van der Waals surface area contributed by atoms with Crippen molar-refractivity contribution in [3.05, 3.63) is 35.0 Å². The molecule has 2 heterocycles. The number of thiophene rings is 1. The number of amides is 1. The van der Waals surface area contributed by atoms with Crippen LogP contribution in [0, 0.1) is 5.82 Å². The SMILES string of the molecule is O=C(O)[C@@H]1CSCN1C(=O)c1cc2cc(F)ccc2s1. The predicted molar refractivity (Wildman–Crippen MR) is 76.7 cm³/mol. The summed E-state index contributed by atoms with van der Waals surface area (Å²) < 4.78 is 14.0. The maximum Gasteiger partial charge on any atom is 0.327 e. The summed E-state index contributed by atoms with van der Waals surface area (Å²) in [5.41, 5.74) is 0. The standard InChI is InChI=1S/C13H10FNO3S2/c14-8-1-2-10-7(3-8)4-11(20-10)12(16)15-6-19-5-9(15)13(17)18/h1-4,9H,5-6H2,(H,17,18)/t9-/m0/s1. The minimum Gasteiger partial charge on any atom is -0.480 e. The Balaban J connectivity index is 1.94. The van der Waals surface area contributed by atoms with Gasteiger partial charge in [-0.05, 0) is 29.7 Å². The third-order valence-electron chi connectivity index (χ3n) is 3.12. The van der Waals surface area contributed by atoms with E-state index in [0.29, 0.717) is 21.9 Å². The number of aliphatic carboxylic acids is 1. The minimum atomic E-state index is -0.990. The van der Waals surface area contributed by atoms with Crippen molar-refractivity contribution in [1.82, 2.24) is 4.90 Å². The van der Waals surface area contributed by atoms with Crippen LogP contribution < -0.4 is 0 Å². The van der Waals surface area contributed by atoms with Crippen LogP contribution in [0.3, 0.4) is 0 Å². The van der Waals surface area contributed by atoms with E-state index in [1.807, 2.05) is 0 Å². The number of carbonyl (C=O) groups excluding carboxylic acids is 1. The minimum absolute atomic E-state index is 0.302. The second kappa shape index (κ2) is 5.06. The van der Waals surface area contributed by atoms with Gasteiger partial charge in [0.1, 0.15) is 11.9 Å². The second-order valence-electron chi connectivity index (χ2n) is 4.42. The molecule has 1 aliphatic rings. The van der Waals surface area contributed by atoms with Crippen LogP contribution in [0.25, 0.3) is 10.1 Å². The molecular weight excluding hydrogens is 301 g/mol. The fourth-order valence-corrected chi connectivity index (χ4v) is 4.25. The lowest BCUT2D eigenvalue weighted by atomic mass is 10.2. The first kappa shape index (κ1) is 13.4. The van der Waals surface area contributed by atoms with Gasteiger partial charge >= 0.3 is 5.97 Å². The van der Waals surface area contributed by atoms with Gasteiger partial charge in [0.05, 0.1) is 10.8 Å². The maximum atomic E-state index is 13.1. The number of benzene rings is 1. The maximum absolute atomic E-state index is 13.1. The normalized spacial score (nSPS) is 18.6. The van der Waals surface area contributed by atoms with Gasteiger partial charge in [-0.3, -0.25) is 4.79 Å². The fourth-order valence-electron chi connectivity index (χ4n) is 2.11. The molecule has 3 rings (SSSR count). The molecule has 2 aromatic rings. The predicted octanol–water partition coefficient (Wildman–Crippen LogP) is 2.64. The van der Waals surface area contributed by atoms with Gasteiger partial charge in [0, 0.05) is 10.5 Å². The number of halogens is 1. The van der Waals surface area contributed by atoms with Crippen molar-refractivity contribution in [2.24, 2.45) is 0 Å². The quantitative estimate of drug-likeness (QED) is 0.926. The summed E-state index contributed by atoms with van der Waals surface area (Å²) in [6.07, 6.45) is 0. The third kappa shape index (κ3) is 2.27. The molecule has 0 spiro atoms. The number of nitrogens with zero attached hydrogens (tertiary/aromatic N) is 1. The van der Waals surface area contributed by atoms with Crippen LogP contribution >= 0.6 is 23.1 Å². The Labute approximate surface area is 122 Å². The van der Waals surface area contributed by atoms with Crippen molar-refractivity contribution in [2.45, 2.75) is 6.04 Å². The van der Waals surface area contributed by atoms with Crippen LogP contribution in [0.4, 0.5) is 4.39 Å². The van der Waals surface area contributed by atoms with Gasteiger partial charge in [-0.25, -0.2) is 9.18 Å². The van der Waals surface area contributed by atoms with Crippen molar-refractivity contribution in [1.29, 1.82) is 0 Å². The van der Waals surface area contributed by atoms with Crippen molar-refractivity contribution in [3.63, 3.8) is 0 Å². The molecule has 4 nitrogen and oxygen atoms in total. The number of thioether (sulfide) groups is 1. The highest BCUT2D eigenvalue weighted by Crippen LogP contribution is 2.30. The molecule has 1 amide bonds. The Morgan fingerprint density at radius 2 is 2.15 bits per heavy atom. The van der Waals surface area contributed by atoms with Crippen LogP contribution in [0.15, 0.2) is 24.3 Å². The van der Waals surface area contributed by atoms with E-state index >= 15 is 0 Å². The zero-order valence-corrected chi connectivity index (χ0v) is 11.8. The molecule has 0 bridgehead atoms. The fraction of sp³-hybridized carbons (Fsp3) is 0.231. The number of rotatable bonds is 2. The first-order valence-corrected chi connectivity index (χ1v) is 7.84. The highest BCUT2D eigenvalue weighted by Gasteiger charge is 2.35. The average molecular weight is 311 g/mol. The molecule has 20 heavy (non-hydrogen) atoms. The summed E-state index contributed by atoms with van der Waals surface area (Å²) in [6, 6.07) is 5.18. The van der Waals surface area contributed by atoms with Crippen LogP contribution in [0.5, 0.6) is 0 Å². The molecule has 0 unspecified atom stereocenters. The van der Waals surface area contributed by atoms with Gasteiger partial charge in [0.15, 0.2) is 0 Å². The second-order valence-corrected chi connectivity index (χ2v) is 6.51. The number of hydrogen-bond acceptors (Lipinski definition) is 4. The molecule has 1 saturated heterocycles. The smallest absolute Gasteiger partial charge is 0.327 e. The number of fused-ring (bicyclic) bond motifs is 1. The molecular formula is C13H10FNO3S2. The summed E-state index contributed by atoms with van der Waals surface area (Å²) in [6.45, 7) is 0. The molecule has 1 N–H and O–H groups in total. The highest BCUT2D eigenvalue weighted by molar-refractivity contribution is 7.99. The van der Waals surface area contributed by atoms with E-state index < -0.39 is 12.0 Å². The van der Waals surface area contributed by atoms with Gasteiger partial charge in [-0.1, -0.05) is 0 Å². The van der Waals surface area contributed by atoms with Crippen molar-refractivity contribution >= 4 is 45.1 Å². The first-order valence-electron chi connectivity index (χ1n) is 5.87. The van der Waals surface area contributed by atoms with Crippen molar-refractivity contribution in [2.75, 3.05) is 11.6 Å². The number of carboxylic acid groups (broad SMARTS) is 1. The lowest BCUT2D eigenvalue weighted by molar-refractivity contribution is -0.140. The lowest BCUT2D eigenvalue weighted by Crippen LogP contribution is -2.41. The van der Waals surface area contributed by atoms with Crippen LogP contribution in [0.1, 0.15) is 9.67 Å². The highest BCUT2D eigenvalue weighted by atomic mass is 32.2. The van der Waals surface area contributed by atoms with Gasteiger partial charge in [0.2, 0.25) is 0 Å². The first-order chi connectivity index (χ1) is 9.56. The van der Waals surface area contributed by atoms with Gasteiger partial charge < -0.3 is 10.0 Å². The van der Waals surface area contributed by atoms with Crippen molar-refractivity contribution in [3.8, 4) is 0 Å². The molecule has 0 aliphatic carbocycles. The van der Waals surface area contributed by atoms with E-state index in [9.17, 15) is 14.0 Å². The van der Waals surface area contributed by atoms with E-state index in [0.717, 1.165) is 4.70 Å². The zero-order chi connectivity index (χ0) is 14.3. The van der Waals surface area contributed by atoms with E-state index in [1.54, 1.807) is 12.1 Å². The van der Waals surface area contributed by atoms with E-state index in [-0.39, 0.29) is 11.7 Å². The largest absolute Gasteiger partial charge is 0.480 e. The summed E-state index contributed by atoms with van der Waals surface area (Å²) in [4.78, 5) is 25.3. The van der Waals surface area contributed by atoms with Crippen LogP contribution in [-0.4, -0.2) is 39.6 Å². The Morgan fingerprint density at radius 3 is 2.90 bits per heavy atom. The summed E-state index contributed by atoms with van der Waals surface area (Å²) in [7, 11) is 0. The van der Waals surface area contributed by atoms with E-state index in [4.69, 9.17) is 5.11 Å². The number of hydrogen-bond donors (Lipinski definition) is 1. The molecule has 7 heteroatoms. The monoisotopic (exact) mass is 311 g/mol. The van der Waals surface area contributed by atoms with Gasteiger partial charge in [-0.2, -0.15) is 0 Å². The Kier molecular flexibility index (Phi) is 3.39. The molecule has 1 aromatic carbocycles. The number of carbonyl (C=O) groups is 2.